The zero-order valence-electron chi connectivity index (χ0n) is 13.6. The van der Waals surface area contributed by atoms with Gasteiger partial charge in [0.2, 0.25) is 5.91 Å². The van der Waals surface area contributed by atoms with Crippen LogP contribution in [0.3, 0.4) is 0 Å². The number of aromatic nitrogens is 2. The third-order valence-electron chi connectivity index (χ3n) is 4.22. The Morgan fingerprint density at radius 1 is 1.52 bits per heavy atom. The normalized spacial score (nSPS) is 19.1. The zero-order valence-corrected chi connectivity index (χ0v) is 14.4. The van der Waals surface area contributed by atoms with E-state index in [0.29, 0.717) is 6.54 Å². The molecular formula is C17H23N3O2S. The van der Waals surface area contributed by atoms with E-state index < -0.39 is 0 Å². The first-order valence-corrected chi connectivity index (χ1v) is 9.42. The number of carbonyl (C=O) groups excluding carboxylic acids is 1. The molecule has 2 unspecified atom stereocenters. The highest BCUT2D eigenvalue weighted by molar-refractivity contribution is 7.97. The number of nitrogens with one attached hydrogen (secondary N) is 1. The van der Waals surface area contributed by atoms with Crippen molar-refractivity contribution in [2.24, 2.45) is 0 Å². The van der Waals surface area contributed by atoms with Crippen molar-refractivity contribution in [3.63, 3.8) is 0 Å². The Labute approximate surface area is 140 Å². The highest BCUT2D eigenvalue weighted by Gasteiger charge is 2.24. The van der Waals surface area contributed by atoms with Crippen LogP contribution in [0.1, 0.15) is 25.6 Å². The first-order valence-electron chi connectivity index (χ1n) is 8.03. The lowest BCUT2D eigenvalue weighted by atomic mass is 10.1. The summed E-state index contributed by atoms with van der Waals surface area (Å²) in [5.74, 6) is 1.75. The molecule has 0 aliphatic carbocycles. The minimum absolute atomic E-state index is 0.0125. The topological polar surface area (TPSA) is 56.2 Å². The molecule has 1 fully saturated rings. The number of ether oxygens (including phenoxy) is 1. The highest BCUT2D eigenvalue weighted by Crippen LogP contribution is 2.19. The summed E-state index contributed by atoms with van der Waals surface area (Å²) in [5, 5.41) is 3.07. The molecule has 0 saturated carbocycles. The van der Waals surface area contributed by atoms with Crippen LogP contribution >= 0.6 is 11.8 Å². The summed E-state index contributed by atoms with van der Waals surface area (Å²) in [5.41, 5.74) is 1.95. The molecule has 0 bridgehead atoms. The maximum absolute atomic E-state index is 12.5. The van der Waals surface area contributed by atoms with Crippen LogP contribution in [0.2, 0.25) is 0 Å². The largest absolute Gasteiger partial charge is 0.376 e. The van der Waals surface area contributed by atoms with E-state index in [9.17, 15) is 4.79 Å². The van der Waals surface area contributed by atoms with Crippen LogP contribution in [0.25, 0.3) is 11.0 Å². The number of thioether (sulfide) groups is 1. The summed E-state index contributed by atoms with van der Waals surface area (Å²) in [6, 6.07) is 8.01. The van der Waals surface area contributed by atoms with Crippen LogP contribution in [-0.4, -0.2) is 40.5 Å². The van der Waals surface area contributed by atoms with Crippen molar-refractivity contribution in [2.75, 3.05) is 12.9 Å². The smallest absolute Gasteiger partial charge is 0.240 e. The van der Waals surface area contributed by atoms with Crippen molar-refractivity contribution >= 4 is 28.7 Å². The minimum atomic E-state index is 0.0125. The number of amides is 1. The maximum Gasteiger partial charge on any atom is 0.240 e. The SMILES string of the molecule is CSCc1nc2ccccc2n1CC(=O)NC(C)C1CCCO1. The van der Waals surface area contributed by atoms with E-state index in [-0.39, 0.29) is 18.1 Å². The summed E-state index contributed by atoms with van der Waals surface area (Å²) in [4.78, 5) is 17.1. The predicted octanol–water partition coefficient (Wildman–Crippen LogP) is 2.58. The quantitative estimate of drug-likeness (QED) is 0.883. The lowest BCUT2D eigenvalue weighted by molar-refractivity contribution is -0.123. The molecule has 1 N–H and O–H groups in total. The van der Waals surface area contributed by atoms with Gasteiger partial charge in [0.05, 0.1) is 28.9 Å². The molecule has 1 aliphatic heterocycles. The molecule has 1 saturated heterocycles. The number of fused-ring (bicyclic) bond motifs is 1. The van der Waals surface area contributed by atoms with E-state index >= 15 is 0 Å². The molecule has 2 heterocycles. The molecule has 1 amide bonds. The Hall–Kier alpha value is -1.53. The second-order valence-electron chi connectivity index (χ2n) is 5.94. The lowest BCUT2D eigenvalue weighted by Gasteiger charge is -2.20. The summed E-state index contributed by atoms with van der Waals surface area (Å²) >= 11 is 1.71. The highest BCUT2D eigenvalue weighted by atomic mass is 32.2. The summed E-state index contributed by atoms with van der Waals surface area (Å²) in [6.07, 6.45) is 4.29. The lowest BCUT2D eigenvalue weighted by Crippen LogP contribution is -2.42. The van der Waals surface area contributed by atoms with Crippen LogP contribution in [0, 0.1) is 0 Å². The molecule has 0 radical (unpaired) electrons. The van der Waals surface area contributed by atoms with E-state index in [4.69, 9.17) is 4.74 Å². The predicted molar refractivity (Wildman–Crippen MR) is 93.5 cm³/mol. The molecule has 5 nitrogen and oxygen atoms in total. The van der Waals surface area contributed by atoms with E-state index in [1.54, 1.807) is 11.8 Å². The summed E-state index contributed by atoms with van der Waals surface area (Å²) < 4.78 is 7.66. The van der Waals surface area contributed by atoms with Gasteiger partial charge in [-0.3, -0.25) is 4.79 Å². The van der Waals surface area contributed by atoms with Gasteiger partial charge in [-0.1, -0.05) is 12.1 Å². The Morgan fingerprint density at radius 2 is 2.35 bits per heavy atom. The molecule has 23 heavy (non-hydrogen) atoms. The standard InChI is InChI=1S/C17H23N3O2S/c1-12(15-8-5-9-22-15)18-17(21)10-20-14-7-4-3-6-13(14)19-16(20)11-23-2/h3-4,6-7,12,15H,5,8-11H2,1-2H3,(H,18,21). The van der Waals surface area contributed by atoms with Gasteiger partial charge >= 0.3 is 0 Å². The third kappa shape index (κ3) is 3.70. The van der Waals surface area contributed by atoms with Crippen molar-refractivity contribution in [2.45, 2.75) is 44.2 Å². The molecule has 0 spiro atoms. The average molecular weight is 333 g/mol. The maximum atomic E-state index is 12.5. The molecule has 124 valence electrons. The molecule has 2 aromatic rings. The van der Waals surface area contributed by atoms with Gasteiger partial charge in [0, 0.05) is 6.61 Å². The second kappa shape index (κ2) is 7.36. The van der Waals surface area contributed by atoms with Gasteiger partial charge < -0.3 is 14.6 Å². The van der Waals surface area contributed by atoms with E-state index in [0.717, 1.165) is 42.1 Å². The Morgan fingerprint density at radius 3 is 3.09 bits per heavy atom. The fraction of sp³-hybridized carbons (Fsp3) is 0.529. The number of para-hydroxylation sites is 2. The van der Waals surface area contributed by atoms with Crippen molar-refractivity contribution in [1.29, 1.82) is 0 Å². The van der Waals surface area contributed by atoms with Crippen molar-refractivity contribution in [1.82, 2.24) is 14.9 Å². The number of hydrogen-bond acceptors (Lipinski definition) is 4. The van der Waals surface area contributed by atoms with Crippen molar-refractivity contribution < 1.29 is 9.53 Å². The van der Waals surface area contributed by atoms with Gasteiger partial charge in [-0.05, 0) is 38.2 Å². The molecule has 1 aromatic carbocycles. The van der Waals surface area contributed by atoms with Gasteiger partial charge in [0.1, 0.15) is 12.4 Å². The fourth-order valence-electron chi connectivity index (χ4n) is 3.07. The number of rotatable bonds is 6. The van der Waals surface area contributed by atoms with E-state index in [1.165, 1.54) is 0 Å². The average Bonchev–Trinajstić information content (AvgIpc) is 3.17. The van der Waals surface area contributed by atoms with Gasteiger partial charge in [-0.2, -0.15) is 11.8 Å². The number of nitrogens with zero attached hydrogens (tertiary/aromatic N) is 2. The molecule has 6 heteroatoms. The monoisotopic (exact) mass is 333 g/mol. The number of hydrogen-bond donors (Lipinski definition) is 1. The summed E-state index contributed by atoms with van der Waals surface area (Å²) in [7, 11) is 0. The molecular weight excluding hydrogens is 310 g/mol. The first kappa shape index (κ1) is 16.3. The summed E-state index contributed by atoms with van der Waals surface area (Å²) in [6.45, 7) is 3.12. The first-order chi connectivity index (χ1) is 11.2. The van der Waals surface area contributed by atoms with Gasteiger partial charge in [0.25, 0.3) is 0 Å². The second-order valence-corrected chi connectivity index (χ2v) is 6.81. The van der Waals surface area contributed by atoms with Crippen LogP contribution in [0.5, 0.6) is 0 Å². The van der Waals surface area contributed by atoms with Crippen LogP contribution in [0.15, 0.2) is 24.3 Å². The van der Waals surface area contributed by atoms with Crippen LogP contribution in [0.4, 0.5) is 0 Å². The van der Waals surface area contributed by atoms with Crippen LogP contribution in [-0.2, 0) is 21.8 Å². The van der Waals surface area contributed by atoms with E-state index in [2.05, 4.69) is 10.3 Å². The van der Waals surface area contributed by atoms with Gasteiger partial charge in [-0.25, -0.2) is 4.98 Å². The molecule has 1 aromatic heterocycles. The third-order valence-corrected chi connectivity index (χ3v) is 4.77. The Kier molecular flexibility index (Phi) is 5.23. The number of imidazole rings is 1. The number of carbonyl (C=O) groups is 1. The van der Waals surface area contributed by atoms with Crippen molar-refractivity contribution in [3.05, 3.63) is 30.1 Å². The molecule has 2 atom stereocenters. The fourth-order valence-corrected chi connectivity index (χ4v) is 3.55. The van der Waals surface area contributed by atoms with Gasteiger partial charge in [-0.15, -0.1) is 0 Å². The number of benzene rings is 1. The van der Waals surface area contributed by atoms with Crippen molar-refractivity contribution in [3.8, 4) is 0 Å². The zero-order chi connectivity index (χ0) is 16.2. The van der Waals surface area contributed by atoms with E-state index in [1.807, 2.05) is 42.0 Å². The van der Waals surface area contributed by atoms with Crippen LogP contribution < -0.4 is 5.32 Å². The molecule has 3 rings (SSSR count). The molecule has 1 aliphatic rings. The Balaban J connectivity index is 1.74. The minimum Gasteiger partial charge on any atom is -0.376 e. The van der Waals surface area contributed by atoms with Gasteiger partial charge in [0.15, 0.2) is 0 Å². The Bertz CT molecular complexity index is 680.